The minimum Gasteiger partial charge on any atom is -0.478 e. The van der Waals surface area contributed by atoms with Crippen LogP contribution in [0.25, 0.3) is 0 Å². The Hall–Kier alpha value is -1.40. The van der Waals surface area contributed by atoms with Crippen molar-refractivity contribution in [3.63, 3.8) is 0 Å². The Labute approximate surface area is 87.8 Å². The number of carboxylic acid groups (broad SMARTS) is 1. The molecule has 6 heteroatoms. The number of amides is 1. The van der Waals surface area contributed by atoms with Gasteiger partial charge in [0.2, 0.25) is 5.91 Å². The third kappa shape index (κ3) is 6.64. The number of carboxylic acids is 1. The van der Waals surface area contributed by atoms with Crippen LogP contribution in [0.3, 0.4) is 0 Å². The van der Waals surface area contributed by atoms with Crippen molar-refractivity contribution in [1.82, 2.24) is 4.90 Å². The molecule has 0 aliphatic carbocycles. The molecular weight excluding hydrogens is 202 g/mol. The van der Waals surface area contributed by atoms with Crippen molar-refractivity contribution in [2.45, 2.75) is 0 Å². The van der Waals surface area contributed by atoms with Gasteiger partial charge in [-0.1, -0.05) is 0 Å². The molecule has 0 atom stereocenters. The zero-order valence-electron chi connectivity index (χ0n) is 8.55. The highest BCUT2D eigenvalue weighted by molar-refractivity contribution is 5.93. The lowest BCUT2D eigenvalue weighted by Gasteiger charge is -2.19. The molecule has 15 heavy (non-hydrogen) atoms. The van der Waals surface area contributed by atoms with E-state index in [0.717, 1.165) is 12.2 Å². The number of aliphatic hydroxyl groups is 1. The van der Waals surface area contributed by atoms with Gasteiger partial charge in [0, 0.05) is 32.4 Å². The summed E-state index contributed by atoms with van der Waals surface area (Å²) in [6.45, 7) is 0.648. The van der Waals surface area contributed by atoms with Crippen molar-refractivity contribution in [3.05, 3.63) is 12.2 Å². The van der Waals surface area contributed by atoms with Gasteiger partial charge in [0.05, 0.1) is 13.2 Å². The van der Waals surface area contributed by atoms with Crippen molar-refractivity contribution in [3.8, 4) is 0 Å². The number of carbonyl (C=O) groups excluding carboxylic acids is 1. The highest BCUT2D eigenvalue weighted by Crippen LogP contribution is 1.92. The fraction of sp³-hybridized carbons (Fsp3) is 0.556. The van der Waals surface area contributed by atoms with Gasteiger partial charge in [-0.05, 0) is 0 Å². The van der Waals surface area contributed by atoms with E-state index in [0.29, 0.717) is 13.2 Å². The van der Waals surface area contributed by atoms with E-state index in [-0.39, 0.29) is 13.2 Å². The second-order valence-corrected chi connectivity index (χ2v) is 2.71. The lowest BCUT2D eigenvalue weighted by Crippen LogP contribution is -2.35. The monoisotopic (exact) mass is 217 g/mol. The Bertz CT molecular complexity index is 239. The maximum Gasteiger partial charge on any atom is 0.328 e. The van der Waals surface area contributed by atoms with Crippen LogP contribution in [0.5, 0.6) is 0 Å². The predicted octanol–water partition coefficient (Wildman–Crippen LogP) is -0.905. The second-order valence-electron chi connectivity index (χ2n) is 2.71. The minimum atomic E-state index is -1.18. The molecule has 6 nitrogen and oxygen atoms in total. The molecular formula is C9H15NO5. The smallest absolute Gasteiger partial charge is 0.328 e. The molecule has 1 amide bonds. The predicted molar refractivity (Wildman–Crippen MR) is 52.3 cm³/mol. The van der Waals surface area contributed by atoms with E-state index in [1.807, 2.05) is 0 Å². The van der Waals surface area contributed by atoms with Crippen molar-refractivity contribution in [1.29, 1.82) is 0 Å². The Morgan fingerprint density at radius 1 is 1.33 bits per heavy atom. The molecule has 0 fully saturated rings. The molecule has 0 unspecified atom stereocenters. The number of carbonyl (C=O) groups is 2. The summed E-state index contributed by atoms with van der Waals surface area (Å²) < 4.78 is 4.78. The molecule has 0 saturated carbocycles. The molecule has 0 aromatic heterocycles. The van der Waals surface area contributed by atoms with Gasteiger partial charge in [0.15, 0.2) is 0 Å². The van der Waals surface area contributed by atoms with Crippen LogP contribution in [0.15, 0.2) is 12.2 Å². The summed E-state index contributed by atoms with van der Waals surface area (Å²) in [6.07, 6.45) is 1.72. The van der Waals surface area contributed by atoms with E-state index < -0.39 is 11.9 Å². The first-order valence-corrected chi connectivity index (χ1v) is 4.41. The normalized spacial score (nSPS) is 10.5. The van der Waals surface area contributed by atoms with Gasteiger partial charge in [-0.15, -0.1) is 0 Å². The van der Waals surface area contributed by atoms with Crippen LogP contribution in [0.4, 0.5) is 0 Å². The van der Waals surface area contributed by atoms with Crippen LogP contribution in [-0.2, 0) is 14.3 Å². The third-order valence-corrected chi connectivity index (χ3v) is 1.62. The van der Waals surface area contributed by atoms with Crippen LogP contribution in [0, 0.1) is 0 Å². The number of methoxy groups -OCH3 is 1. The number of aliphatic hydroxyl groups excluding tert-OH is 1. The Morgan fingerprint density at radius 3 is 2.47 bits per heavy atom. The van der Waals surface area contributed by atoms with Gasteiger partial charge < -0.3 is 19.8 Å². The van der Waals surface area contributed by atoms with Crippen LogP contribution in [-0.4, -0.2) is 60.4 Å². The van der Waals surface area contributed by atoms with E-state index >= 15 is 0 Å². The first kappa shape index (κ1) is 13.6. The summed E-state index contributed by atoms with van der Waals surface area (Å²) >= 11 is 0. The number of hydrogen-bond acceptors (Lipinski definition) is 4. The quantitative estimate of drug-likeness (QED) is 0.539. The lowest BCUT2D eigenvalue weighted by atomic mass is 10.4. The van der Waals surface area contributed by atoms with Gasteiger partial charge in [0.1, 0.15) is 0 Å². The fourth-order valence-electron chi connectivity index (χ4n) is 0.902. The summed E-state index contributed by atoms with van der Waals surface area (Å²) in [6, 6.07) is 0. The van der Waals surface area contributed by atoms with Crippen LogP contribution in [0.2, 0.25) is 0 Å². The first-order chi connectivity index (χ1) is 7.11. The van der Waals surface area contributed by atoms with Crippen molar-refractivity contribution >= 4 is 11.9 Å². The number of rotatable bonds is 7. The maximum atomic E-state index is 11.4. The van der Waals surface area contributed by atoms with Crippen LogP contribution >= 0.6 is 0 Å². The molecule has 2 N–H and O–H groups in total. The molecule has 0 heterocycles. The minimum absolute atomic E-state index is 0.159. The van der Waals surface area contributed by atoms with Crippen molar-refractivity contribution in [2.75, 3.05) is 33.4 Å². The van der Waals surface area contributed by atoms with Gasteiger partial charge in [-0.25, -0.2) is 4.79 Å². The van der Waals surface area contributed by atoms with Crippen molar-refractivity contribution in [2.24, 2.45) is 0 Å². The van der Waals surface area contributed by atoms with Crippen LogP contribution < -0.4 is 0 Å². The standard InChI is InChI=1S/C9H15NO5/c1-15-7-5-10(4-6-11)8(12)2-3-9(13)14/h2-3,11H,4-7H2,1H3,(H,13,14)/b3-2+. The number of aliphatic carboxylic acids is 1. The first-order valence-electron chi connectivity index (χ1n) is 4.41. The van der Waals surface area contributed by atoms with E-state index in [9.17, 15) is 9.59 Å². The lowest BCUT2D eigenvalue weighted by molar-refractivity contribution is -0.132. The molecule has 86 valence electrons. The van der Waals surface area contributed by atoms with Gasteiger partial charge in [-0.3, -0.25) is 4.79 Å². The summed E-state index contributed by atoms with van der Waals surface area (Å²) in [5.41, 5.74) is 0. The molecule has 0 rings (SSSR count). The number of hydrogen-bond donors (Lipinski definition) is 2. The fourth-order valence-corrected chi connectivity index (χ4v) is 0.902. The molecule has 0 radical (unpaired) electrons. The number of nitrogens with zero attached hydrogens (tertiary/aromatic N) is 1. The van der Waals surface area contributed by atoms with E-state index in [4.69, 9.17) is 14.9 Å². The molecule has 0 aliphatic heterocycles. The van der Waals surface area contributed by atoms with Crippen molar-refractivity contribution < 1.29 is 24.5 Å². The average Bonchev–Trinajstić information content (AvgIpc) is 2.20. The zero-order chi connectivity index (χ0) is 11.7. The Balaban J connectivity index is 4.21. The highest BCUT2D eigenvalue weighted by atomic mass is 16.5. The average molecular weight is 217 g/mol. The highest BCUT2D eigenvalue weighted by Gasteiger charge is 2.09. The summed E-state index contributed by atoms with van der Waals surface area (Å²) in [5.74, 6) is -1.64. The molecule has 0 saturated heterocycles. The third-order valence-electron chi connectivity index (χ3n) is 1.62. The molecule has 0 aliphatic rings. The SMILES string of the molecule is COCCN(CCO)C(=O)/C=C/C(=O)O. The van der Waals surface area contributed by atoms with Crippen LogP contribution in [0.1, 0.15) is 0 Å². The molecule has 0 spiro atoms. The van der Waals surface area contributed by atoms with E-state index in [1.165, 1.54) is 12.0 Å². The summed E-state index contributed by atoms with van der Waals surface area (Å²) in [4.78, 5) is 22.8. The maximum absolute atomic E-state index is 11.4. The van der Waals surface area contributed by atoms with Gasteiger partial charge in [-0.2, -0.15) is 0 Å². The second kappa shape index (κ2) is 7.95. The summed E-state index contributed by atoms with van der Waals surface area (Å²) in [5, 5.41) is 17.0. The van der Waals surface area contributed by atoms with E-state index in [2.05, 4.69) is 0 Å². The molecule has 0 aromatic carbocycles. The van der Waals surface area contributed by atoms with Gasteiger partial charge >= 0.3 is 5.97 Å². The summed E-state index contributed by atoms with van der Waals surface area (Å²) in [7, 11) is 1.49. The van der Waals surface area contributed by atoms with Gasteiger partial charge in [0.25, 0.3) is 0 Å². The molecule has 0 bridgehead atoms. The largest absolute Gasteiger partial charge is 0.478 e. The Kier molecular flexibility index (Phi) is 7.21. The topological polar surface area (TPSA) is 87.1 Å². The van der Waals surface area contributed by atoms with E-state index in [1.54, 1.807) is 0 Å². The zero-order valence-corrected chi connectivity index (χ0v) is 8.55. The molecule has 0 aromatic rings. The number of ether oxygens (including phenoxy) is 1. The Morgan fingerprint density at radius 2 is 2.00 bits per heavy atom.